The van der Waals surface area contributed by atoms with Crippen molar-refractivity contribution in [3.05, 3.63) is 23.9 Å². The lowest BCUT2D eigenvalue weighted by atomic mass is 10.2. The lowest BCUT2D eigenvalue weighted by molar-refractivity contribution is -0.128. The van der Waals surface area contributed by atoms with E-state index in [0.717, 1.165) is 5.56 Å². The minimum atomic E-state index is -0.0313. The number of nitrogens with two attached hydrogens (primary N) is 1. The Balaban J connectivity index is 2.06. The molecule has 1 atom stereocenters. The molecule has 5 nitrogen and oxygen atoms in total. The highest BCUT2D eigenvalue weighted by Crippen LogP contribution is 2.15. The average molecular weight is 221 g/mol. The molecule has 1 fully saturated rings. The SMILES string of the molecule is COc1cc(CN2CC(N)CC2=O)ccn1. The molecule has 16 heavy (non-hydrogen) atoms. The molecule has 0 aromatic carbocycles. The predicted molar refractivity (Wildman–Crippen MR) is 58.8 cm³/mol. The molecule has 1 aromatic heterocycles. The molecule has 1 unspecified atom stereocenters. The summed E-state index contributed by atoms with van der Waals surface area (Å²) in [5.74, 6) is 0.678. The smallest absolute Gasteiger partial charge is 0.224 e. The Hall–Kier alpha value is -1.62. The number of carbonyl (C=O) groups excluding carboxylic acids is 1. The van der Waals surface area contributed by atoms with E-state index in [4.69, 9.17) is 10.5 Å². The van der Waals surface area contributed by atoms with E-state index in [2.05, 4.69) is 4.98 Å². The Morgan fingerprint density at radius 1 is 1.69 bits per heavy atom. The van der Waals surface area contributed by atoms with Crippen LogP contribution in [0.15, 0.2) is 18.3 Å². The number of methoxy groups -OCH3 is 1. The van der Waals surface area contributed by atoms with Crippen LogP contribution in [-0.2, 0) is 11.3 Å². The standard InChI is InChI=1S/C11H15N3O2/c1-16-10-4-8(2-3-13-10)6-14-7-9(12)5-11(14)15/h2-4,9H,5-7,12H2,1H3. The van der Waals surface area contributed by atoms with Gasteiger partial charge in [-0.1, -0.05) is 0 Å². The number of rotatable bonds is 3. The fourth-order valence-electron chi connectivity index (χ4n) is 1.84. The number of nitrogens with zero attached hydrogens (tertiary/aromatic N) is 2. The molecule has 1 aliphatic rings. The van der Waals surface area contributed by atoms with Gasteiger partial charge in [0.25, 0.3) is 0 Å². The highest BCUT2D eigenvalue weighted by Gasteiger charge is 2.26. The van der Waals surface area contributed by atoms with Crippen molar-refractivity contribution < 1.29 is 9.53 Å². The summed E-state index contributed by atoms with van der Waals surface area (Å²) in [6, 6.07) is 3.67. The summed E-state index contributed by atoms with van der Waals surface area (Å²) in [6.45, 7) is 1.20. The first-order chi connectivity index (χ1) is 7.69. The summed E-state index contributed by atoms with van der Waals surface area (Å²) in [5, 5.41) is 0. The van der Waals surface area contributed by atoms with Gasteiger partial charge in [0.15, 0.2) is 0 Å². The molecule has 2 heterocycles. The Kier molecular flexibility index (Phi) is 3.05. The van der Waals surface area contributed by atoms with Crippen LogP contribution in [0.2, 0.25) is 0 Å². The van der Waals surface area contributed by atoms with Gasteiger partial charge in [-0.05, 0) is 11.6 Å². The van der Waals surface area contributed by atoms with Gasteiger partial charge >= 0.3 is 0 Å². The average Bonchev–Trinajstić information content (AvgIpc) is 2.58. The third kappa shape index (κ3) is 2.30. The second-order valence-corrected chi connectivity index (χ2v) is 3.94. The number of aromatic nitrogens is 1. The number of ether oxygens (including phenoxy) is 1. The zero-order valence-electron chi connectivity index (χ0n) is 9.22. The van der Waals surface area contributed by atoms with Gasteiger partial charge in [-0.3, -0.25) is 4.79 Å². The molecule has 5 heteroatoms. The normalized spacial score (nSPS) is 20.2. The van der Waals surface area contributed by atoms with Gasteiger partial charge in [-0.25, -0.2) is 4.98 Å². The summed E-state index contributed by atoms with van der Waals surface area (Å²) in [4.78, 5) is 17.3. The quantitative estimate of drug-likeness (QED) is 0.789. The van der Waals surface area contributed by atoms with E-state index >= 15 is 0 Å². The number of hydrogen-bond donors (Lipinski definition) is 1. The van der Waals surface area contributed by atoms with E-state index in [0.29, 0.717) is 25.4 Å². The lowest BCUT2D eigenvalue weighted by Crippen LogP contribution is -2.27. The van der Waals surface area contributed by atoms with Crippen molar-refractivity contribution in [2.24, 2.45) is 5.73 Å². The number of pyridine rings is 1. The van der Waals surface area contributed by atoms with Gasteiger partial charge in [0.05, 0.1) is 7.11 Å². The number of hydrogen-bond acceptors (Lipinski definition) is 4. The van der Waals surface area contributed by atoms with Crippen LogP contribution in [-0.4, -0.2) is 35.5 Å². The van der Waals surface area contributed by atoms with Gasteiger partial charge in [0.2, 0.25) is 11.8 Å². The van der Waals surface area contributed by atoms with Crippen molar-refractivity contribution >= 4 is 5.91 Å². The Morgan fingerprint density at radius 3 is 3.12 bits per heavy atom. The molecule has 2 N–H and O–H groups in total. The van der Waals surface area contributed by atoms with Crippen molar-refractivity contribution in [1.82, 2.24) is 9.88 Å². The van der Waals surface area contributed by atoms with Crippen LogP contribution in [0.5, 0.6) is 5.88 Å². The van der Waals surface area contributed by atoms with E-state index < -0.39 is 0 Å². The van der Waals surface area contributed by atoms with Gasteiger partial charge in [0, 0.05) is 37.8 Å². The minimum Gasteiger partial charge on any atom is -0.481 e. The molecule has 1 aromatic rings. The maximum atomic E-state index is 11.5. The van der Waals surface area contributed by atoms with Gasteiger partial charge < -0.3 is 15.4 Å². The fourth-order valence-corrected chi connectivity index (χ4v) is 1.84. The summed E-state index contributed by atoms with van der Waals surface area (Å²) in [5.41, 5.74) is 6.73. The molecule has 2 rings (SSSR count). The minimum absolute atomic E-state index is 0.0313. The van der Waals surface area contributed by atoms with Crippen LogP contribution in [0.4, 0.5) is 0 Å². The second-order valence-electron chi connectivity index (χ2n) is 3.94. The molecule has 1 saturated heterocycles. The van der Waals surface area contributed by atoms with Crippen LogP contribution in [0.1, 0.15) is 12.0 Å². The Labute approximate surface area is 94.2 Å². The van der Waals surface area contributed by atoms with E-state index in [9.17, 15) is 4.79 Å². The van der Waals surface area contributed by atoms with E-state index in [1.54, 1.807) is 18.2 Å². The van der Waals surface area contributed by atoms with Crippen molar-refractivity contribution in [2.45, 2.75) is 19.0 Å². The molecule has 0 aliphatic carbocycles. The number of likely N-dealkylation sites (tertiary alicyclic amines) is 1. The van der Waals surface area contributed by atoms with Crippen LogP contribution in [0, 0.1) is 0 Å². The number of amides is 1. The van der Waals surface area contributed by atoms with Crippen LogP contribution in [0.3, 0.4) is 0 Å². The van der Waals surface area contributed by atoms with Crippen molar-refractivity contribution in [2.75, 3.05) is 13.7 Å². The first-order valence-electron chi connectivity index (χ1n) is 5.21. The highest BCUT2D eigenvalue weighted by molar-refractivity contribution is 5.79. The molecule has 1 amide bonds. The zero-order valence-corrected chi connectivity index (χ0v) is 9.22. The molecule has 86 valence electrons. The van der Waals surface area contributed by atoms with Crippen LogP contribution >= 0.6 is 0 Å². The summed E-state index contributed by atoms with van der Waals surface area (Å²) in [6.07, 6.45) is 2.12. The van der Waals surface area contributed by atoms with Crippen LogP contribution < -0.4 is 10.5 Å². The molecular weight excluding hydrogens is 206 g/mol. The summed E-state index contributed by atoms with van der Waals surface area (Å²) < 4.78 is 5.03. The molecular formula is C11H15N3O2. The maximum Gasteiger partial charge on any atom is 0.224 e. The predicted octanol–water partition coefficient (Wildman–Crippen LogP) is 0.150. The third-order valence-electron chi connectivity index (χ3n) is 2.63. The third-order valence-corrected chi connectivity index (χ3v) is 2.63. The molecule has 0 saturated carbocycles. The van der Waals surface area contributed by atoms with E-state index in [1.807, 2.05) is 12.1 Å². The van der Waals surface area contributed by atoms with Crippen LogP contribution in [0.25, 0.3) is 0 Å². The molecule has 0 bridgehead atoms. The number of carbonyl (C=O) groups is 1. The largest absolute Gasteiger partial charge is 0.481 e. The monoisotopic (exact) mass is 221 g/mol. The maximum absolute atomic E-state index is 11.5. The van der Waals surface area contributed by atoms with E-state index in [-0.39, 0.29) is 11.9 Å². The highest BCUT2D eigenvalue weighted by atomic mass is 16.5. The molecule has 1 aliphatic heterocycles. The lowest BCUT2D eigenvalue weighted by Gasteiger charge is -2.16. The van der Waals surface area contributed by atoms with Gasteiger partial charge in [-0.15, -0.1) is 0 Å². The second kappa shape index (κ2) is 4.49. The van der Waals surface area contributed by atoms with Crippen molar-refractivity contribution in [3.63, 3.8) is 0 Å². The zero-order chi connectivity index (χ0) is 11.5. The first kappa shape index (κ1) is 10.9. The van der Waals surface area contributed by atoms with E-state index in [1.165, 1.54) is 0 Å². The van der Waals surface area contributed by atoms with Gasteiger partial charge in [-0.2, -0.15) is 0 Å². The summed E-state index contributed by atoms with van der Waals surface area (Å²) in [7, 11) is 1.57. The molecule has 0 radical (unpaired) electrons. The first-order valence-corrected chi connectivity index (χ1v) is 5.21. The Bertz CT molecular complexity index is 395. The topological polar surface area (TPSA) is 68.5 Å². The van der Waals surface area contributed by atoms with Crippen molar-refractivity contribution in [3.8, 4) is 5.88 Å². The molecule has 0 spiro atoms. The van der Waals surface area contributed by atoms with Gasteiger partial charge in [0.1, 0.15) is 0 Å². The van der Waals surface area contributed by atoms with Crippen molar-refractivity contribution in [1.29, 1.82) is 0 Å². The Morgan fingerprint density at radius 2 is 2.50 bits per heavy atom. The fraction of sp³-hybridized carbons (Fsp3) is 0.455. The summed E-state index contributed by atoms with van der Waals surface area (Å²) >= 11 is 0.